The average molecular weight is 242 g/mol. The highest BCUT2D eigenvalue weighted by atomic mass is 79.9. The molecule has 1 aromatic rings. The van der Waals surface area contributed by atoms with Crippen molar-refractivity contribution in [2.24, 2.45) is 5.73 Å². The molecule has 13 heavy (non-hydrogen) atoms. The summed E-state index contributed by atoms with van der Waals surface area (Å²) in [7, 11) is 0. The third-order valence-electron chi connectivity index (χ3n) is 1.88. The largest absolute Gasteiger partial charge is 0.457 e. The molecule has 0 fully saturated rings. The van der Waals surface area contributed by atoms with E-state index in [0.29, 0.717) is 0 Å². The fourth-order valence-corrected chi connectivity index (χ4v) is 1.68. The highest BCUT2D eigenvalue weighted by Gasteiger charge is 2.11. The lowest BCUT2D eigenvalue weighted by atomic mass is 10.1. The lowest BCUT2D eigenvalue weighted by Gasteiger charge is -2.08. The zero-order valence-corrected chi connectivity index (χ0v) is 8.88. The van der Waals surface area contributed by atoms with Crippen molar-refractivity contribution in [2.45, 2.75) is 25.3 Å². The van der Waals surface area contributed by atoms with Gasteiger partial charge < -0.3 is 10.2 Å². The number of hydrogen-bond donors (Lipinski definition) is 1. The Labute approximate surface area is 86.6 Å². The smallest absolute Gasteiger partial charge is 0.173 e. The molecule has 3 heteroatoms. The van der Waals surface area contributed by atoms with Gasteiger partial charge in [-0.05, 0) is 34.8 Å². The second kappa shape index (κ2) is 5.11. The number of nitrogens with two attached hydrogens (primary N) is 1. The Kier molecular flexibility index (Phi) is 4.07. The van der Waals surface area contributed by atoms with Crippen LogP contribution in [0.15, 0.2) is 21.4 Å². The Bertz CT molecular complexity index is 300. The molecule has 0 spiro atoms. The molecule has 0 saturated carbocycles. The Morgan fingerprint density at radius 1 is 1.69 bits per heavy atom. The molecular formula is C10H12BrNO. The van der Waals surface area contributed by atoms with E-state index >= 15 is 0 Å². The van der Waals surface area contributed by atoms with Gasteiger partial charge in [0.05, 0.1) is 6.26 Å². The fourth-order valence-electron chi connectivity index (χ4n) is 1.15. The molecule has 70 valence electrons. The first-order chi connectivity index (χ1) is 6.25. The van der Waals surface area contributed by atoms with E-state index in [2.05, 4.69) is 21.9 Å². The van der Waals surface area contributed by atoms with Gasteiger partial charge in [0, 0.05) is 18.0 Å². The number of unbranched alkanes of at least 4 members (excludes halogenated alkanes) is 1. The lowest BCUT2D eigenvalue weighted by molar-refractivity contribution is 0.525. The minimum atomic E-state index is 0.0153. The Morgan fingerprint density at radius 3 is 3.00 bits per heavy atom. The third-order valence-corrected chi connectivity index (χ3v) is 2.53. The molecular weight excluding hydrogens is 230 g/mol. The van der Waals surface area contributed by atoms with Crippen LogP contribution < -0.4 is 5.73 Å². The minimum absolute atomic E-state index is 0.0153. The van der Waals surface area contributed by atoms with Crippen molar-refractivity contribution in [3.8, 4) is 12.3 Å². The van der Waals surface area contributed by atoms with Gasteiger partial charge in [-0.25, -0.2) is 0 Å². The number of hydrogen-bond acceptors (Lipinski definition) is 2. The van der Waals surface area contributed by atoms with Gasteiger partial charge in [-0.15, -0.1) is 12.3 Å². The standard InChI is InChI=1S/C10H12BrNO/c1-2-3-4-5-9(12)8-6-7-13-10(8)11/h1,6-7,9H,3-5,12H2. The van der Waals surface area contributed by atoms with E-state index in [0.717, 1.165) is 29.5 Å². The van der Waals surface area contributed by atoms with E-state index in [-0.39, 0.29) is 6.04 Å². The van der Waals surface area contributed by atoms with Gasteiger partial charge in [0.1, 0.15) is 0 Å². The van der Waals surface area contributed by atoms with Crippen LogP contribution in [0.4, 0.5) is 0 Å². The lowest BCUT2D eigenvalue weighted by Crippen LogP contribution is -2.09. The second-order valence-corrected chi connectivity index (χ2v) is 3.57. The van der Waals surface area contributed by atoms with Crippen molar-refractivity contribution in [3.05, 3.63) is 22.6 Å². The summed E-state index contributed by atoms with van der Waals surface area (Å²) in [4.78, 5) is 0. The number of terminal acetylenes is 1. The van der Waals surface area contributed by atoms with Crippen molar-refractivity contribution in [2.75, 3.05) is 0 Å². The summed E-state index contributed by atoms with van der Waals surface area (Å²) < 4.78 is 5.81. The molecule has 0 aliphatic heterocycles. The predicted molar refractivity (Wildman–Crippen MR) is 56.0 cm³/mol. The summed E-state index contributed by atoms with van der Waals surface area (Å²) in [6.45, 7) is 0. The predicted octanol–water partition coefficient (Wildman–Crippen LogP) is 2.85. The van der Waals surface area contributed by atoms with E-state index in [1.165, 1.54) is 0 Å². The summed E-state index contributed by atoms with van der Waals surface area (Å²) in [6.07, 6.45) is 9.40. The molecule has 0 saturated heterocycles. The molecule has 0 aliphatic rings. The molecule has 0 amide bonds. The maximum Gasteiger partial charge on any atom is 0.173 e. The number of rotatable bonds is 4. The summed E-state index contributed by atoms with van der Waals surface area (Å²) in [5.41, 5.74) is 6.93. The van der Waals surface area contributed by atoms with Gasteiger partial charge >= 0.3 is 0 Å². The normalized spacial score (nSPS) is 12.4. The van der Waals surface area contributed by atoms with Crippen LogP contribution in [-0.4, -0.2) is 0 Å². The van der Waals surface area contributed by atoms with Gasteiger partial charge in [0.25, 0.3) is 0 Å². The van der Waals surface area contributed by atoms with Crippen molar-refractivity contribution < 1.29 is 4.42 Å². The van der Waals surface area contributed by atoms with Gasteiger partial charge in [-0.2, -0.15) is 0 Å². The van der Waals surface area contributed by atoms with Crippen LogP contribution in [0.2, 0.25) is 0 Å². The Balaban J connectivity index is 2.45. The maximum absolute atomic E-state index is 5.92. The summed E-state index contributed by atoms with van der Waals surface area (Å²) in [5.74, 6) is 2.59. The SMILES string of the molecule is C#CCCCC(N)c1ccoc1Br. The van der Waals surface area contributed by atoms with Crippen LogP contribution in [0.5, 0.6) is 0 Å². The molecule has 0 aliphatic carbocycles. The van der Waals surface area contributed by atoms with Crippen LogP contribution in [0.25, 0.3) is 0 Å². The summed E-state index contributed by atoms with van der Waals surface area (Å²) in [6, 6.07) is 1.89. The third kappa shape index (κ3) is 2.91. The van der Waals surface area contributed by atoms with Crippen LogP contribution in [0, 0.1) is 12.3 Å². The van der Waals surface area contributed by atoms with E-state index < -0.39 is 0 Å². The van der Waals surface area contributed by atoms with Crippen LogP contribution >= 0.6 is 15.9 Å². The van der Waals surface area contributed by atoms with Crippen molar-refractivity contribution in [3.63, 3.8) is 0 Å². The van der Waals surface area contributed by atoms with E-state index in [1.54, 1.807) is 6.26 Å². The zero-order valence-electron chi connectivity index (χ0n) is 7.29. The number of furan rings is 1. The highest BCUT2D eigenvalue weighted by molar-refractivity contribution is 9.10. The first kappa shape index (κ1) is 10.4. The zero-order chi connectivity index (χ0) is 9.68. The van der Waals surface area contributed by atoms with Crippen LogP contribution in [-0.2, 0) is 0 Å². The molecule has 2 N–H and O–H groups in total. The first-order valence-corrected chi connectivity index (χ1v) is 4.97. The molecule has 2 nitrogen and oxygen atoms in total. The topological polar surface area (TPSA) is 39.2 Å². The van der Waals surface area contributed by atoms with Gasteiger partial charge in [0.15, 0.2) is 4.67 Å². The maximum atomic E-state index is 5.92. The molecule has 1 unspecified atom stereocenters. The van der Waals surface area contributed by atoms with Crippen LogP contribution in [0.3, 0.4) is 0 Å². The van der Waals surface area contributed by atoms with Crippen molar-refractivity contribution in [1.29, 1.82) is 0 Å². The highest BCUT2D eigenvalue weighted by Crippen LogP contribution is 2.25. The molecule has 0 bridgehead atoms. The Morgan fingerprint density at radius 2 is 2.46 bits per heavy atom. The van der Waals surface area contributed by atoms with Gasteiger partial charge in [-0.3, -0.25) is 0 Å². The fraction of sp³-hybridized carbons (Fsp3) is 0.400. The van der Waals surface area contributed by atoms with Gasteiger partial charge in [-0.1, -0.05) is 0 Å². The monoisotopic (exact) mass is 241 g/mol. The molecule has 1 rings (SSSR count). The van der Waals surface area contributed by atoms with Gasteiger partial charge in [0.2, 0.25) is 0 Å². The second-order valence-electron chi connectivity index (χ2n) is 2.85. The van der Waals surface area contributed by atoms with Crippen molar-refractivity contribution >= 4 is 15.9 Å². The van der Waals surface area contributed by atoms with E-state index in [9.17, 15) is 0 Å². The molecule has 1 heterocycles. The molecule has 1 aromatic heterocycles. The van der Waals surface area contributed by atoms with E-state index in [1.807, 2.05) is 6.07 Å². The molecule has 0 aromatic carbocycles. The quantitative estimate of drug-likeness (QED) is 0.651. The Hall–Kier alpha value is -0.720. The summed E-state index contributed by atoms with van der Waals surface area (Å²) in [5, 5.41) is 0. The average Bonchev–Trinajstić information content (AvgIpc) is 2.52. The molecule has 1 atom stereocenters. The van der Waals surface area contributed by atoms with E-state index in [4.69, 9.17) is 16.6 Å². The number of halogens is 1. The summed E-state index contributed by atoms with van der Waals surface area (Å²) >= 11 is 3.29. The van der Waals surface area contributed by atoms with Crippen LogP contribution in [0.1, 0.15) is 30.9 Å². The first-order valence-electron chi connectivity index (χ1n) is 4.17. The minimum Gasteiger partial charge on any atom is -0.457 e. The van der Waals surface area contributed by atoms with Crippen molar-refractivity contribution in [1.82, 2.24) is 0 Å². The molecule has 0 radical (unpaired) electrons.